The molecule has 0 saturated carbocycles. The standard InChI is InChI=1S/C18H20F2N2O3S/c1-10-7-11(2)13(4)18(12(10)3)26(24,25)21-9-17(23)22-14-5-6-15(19)16(20)8-14/h5-8,21H,9H2,1-4H3,(H,22,23). The number of halogens is 2. The third-order valence-corrected chi connectivity index (χ3v) is 5.87. The van der Waals surface area contributed by atoms with Crippen molar-refractivity contribution in [2.75, 3.05) is 11.9 Å². The highest BCUT2D eigenvalue weighted by Gasteiger charge is 2.22. The lowest BCUT2D eigenvalue weighted by Gasteiger charge is -2.16. The minimum absolute atomic E-state index is 0.0341. The van der Waals surface area contributed by atoms with Crippen LogP contribution in [0.3, 0.4) is 0 Å². The van der Waals surface area contributed by atoms with Crippen LogP contribution in [0.4, 0.5) is 14.5 Å². The number of nitrogens with one attached hydrogen (secondary N) is 2. The van der Waals surface area contributed by atoms with Crippen LogP contribution in [-0.2, 0) is 14.8 Å². The molecule has 0 bridgehead atoms. The van der Waals surface area contributed by atoms with Gasteiger partial charge in [0.25, 0.3) is 0 Å². The molecule has 1 amide bonds. The van der Waals surface area contributed by atoms with Gasteiger partial charge in [-0.1, -0.05) is 6.07 Å². The van der Waals surface area contributed by atoms with Crippen LogP contribution in [0, 0.1) is 39.3 Å². The van der Waals surface area contributed by atoms with Crippen molar-refractivity contribution < 1.29 is 22.0 Å². The molecule has 8 heteroatoms. The summed E-state index contributed by atoms with van der Waals surface area (Å²) in [4.78, 5) is 12.1. The molecule has 0 aliphatic rings. The second-order valence-electron chi connectivity index (χ2n) is 6.09. The molecule has 0 fully saturated rings. The lowest BCUT2D eigenvalue weighted by molar-refractivity contribution is -0.115. The van der Waals surface area contributed by atoms with Crippen molar-refractivity contribution in [1.29, 1.82) is 0 Å². The van der Waals surface area contributed by atoms with Gasteiger partial charge in [0.15, 0.2) is 11.6 Å². The van der Waals surface area contributed by atoms with E-state index in [9.17, 15) is 22.0 Å². The number of amides is 1. The van der Waals surface area contributed by atoms with Crippen LogP contribution in [-0.4, -0.2) is 20.9 Å². The summed E-state index contributed by atoms with van der Waals surface area (Å²) < 4.78 is 53.6. The van der Waals surface area contributed by atoms with E-state index in [-0.39, 0.29) is 10.6 Å². The average molecular weight is 382 g/mol. The Balaban J connectivity index is 2.16. The molecule has 0 aliphatic heterocycles. The van der Waals surface area contributed by atoms with Gasteiger partial charge >= 0.3 is 0 Å². The van der Waals surface area contributed by atoms with Crippen molar-refractivity contribution >= 4 is 21.6 Å². The van der Waals surface area contributed by atoms with Gasteiger partial charge in [-0.25, -0.2) is 21.9 Å². The molecule has 0 unspecified atom stereocenters. The Hall–Kier alpha value is -2.32. The van der Waals surface area contributed by atoms with E-state index >= 15 is 0 Å². The fourth-order valence-electron chi connectivity index (χ4n) is 2.60. The summed E-state index contributed by atoms with van der Waals surface area (Å²) in [7, 11) is -3.91. The van der Waals surface area contributed by atoms with E-state index in [2.05, 4.69) is 10.0 Å². The normalized spacial score (nSPS) is 11.5. The summed E-state index contributed by atoms with van der Waals surface area (Å²) in [5, 5.41) is 2.31. The first-order valence-electron chi connectivity index (χ1n) is 7.85. The molecule has 0 saturated heterocycles. The van der Waals surface area contributed by atoms with Gasteiger partial charge in [0.05, 0.1) is 11.4 Å². The summed E-state index contributed by atoms with van der Waals surface area (Å²) in [5.74, 6) is -2.84. The van der Waals surface area contributed by atoms with Gasteiger partial charge in [0.1, 0.15) is 0 Å². The zero-order valence-corrected chi connectivity index (χ0v) is 15.7. The Morgan fingerprint density at radius 2 is 1.54 bits per heavy atom. The molecule has 0 aliphatic carbocycles. The highest BCUT2D eigenvalue weighted by Crippen LogP contribution is 2.25. The van der Waals surface area contributed by atoms with Crippen LogP contribution < -0.4 is 10.0 Å². The number of rotatable bonds is 5. The monoisotopic (exact) mass is 382 g/mol. The van der Waals surface area contributed by atoms with E-state index in [0.29, 0.717) is 11.1 Å². The van der Waals surface area contributed by atoms with Crippen molar-refractivity contribution in [3.05, 3.63) is 58.2 Å². The molecule has 0 atom stereocenters. The Morgan fingerprint density at radius 3 is 2.08 bits per heavy atom. The Labute approximate surface area is 151 Å². The lowest BCUT2D eigenvalue weighted by Crippen LogP contribution is -2.33. The van der Waals surface area contributed by atoms with Crippen molar-refractivity contribution in [2.24, 2.45) is 0 Å². The number of carbonyl (C=O) groups excluding carboxylic acids is 1. The summed E-state index contributed by atoms with van der Waals surface area (Å²) in [6.45, 7) is 6.51. The molecule has 2 rings (SSSR count). The summed E-state index contributed by atoms with van der Waals surface area (Å²) >= 11 is 0. The third-order valence-electron chi connectivity index (χ3n) is 4.19. The van der Waals surface area contributed by atoms with Crippen LogP contribution in [0.1, 0.15) is 22.3 Å². The van der Waals surface area contributed by atoms with Gasteiger partial charge in [0, 0.05) is 11.8 Å². The van der Waals surface area contributed by atoms with E-state index in [4.69, 9.17) is 0 Å². The molecule has 5 nitrogen and oxygen atoms in total. The van der Waals surface area contributed by atoms with Gasteiger partial charge < -0.3 is 5.32 Å². The number of anilines is 1. The zero-order chi connectivity index (χ0) is 19.6. The first kappa shape index (κ1) is 20.0. The molecule has 0 radical (unpaired) electrons. The fourth-order valence-corrected chi connectivity index (χ4v) is 4.19. The van der Waals surface area contributed by atoms with Crippen LogP contribution in [0.5, 0.6) is 0 Å². The maximum Gasteiger partial charge on any atom is 0.241 e. The molecule has 26 heavy (non-hydrogen) atoms. The lowest BCUT2D eigenvalue weighted by atomic mass is 10.0. The fraction of sp³-hybridized carbons (Fsp3) is 0.278. The number of carbonyl (C=O) groups is 1. The second kappa shape index (κ2) is 7.51. The topological polar surface area (TPSA) is 75.3 Å². The summed E-state index contributed by atoms with van der Waals surface area (Å²) in [6.07, 6.45) is 0. The van der Waals surface area contributed by atoms with E-state index in [0.717, 1.165) is 23.3 Å². The maximum absolute atomic E-state index is 13.2. The number of sulfonamides is 1. The highest BCUT2D eigenvalue weighted by molar-refractivity contribution is 7.89. The Bertz CT molecular complexity index is 947. The summed E-state index contributed by atoms with van der Waals surface area (Å²) in [6, 6.07) is 4.78. The molecule has 0 heterocycles. The van der Waals surface area contributed by atoms with Crippen molar-refractivity contribution in [2.45, 2.75) is 32.6 Å². The highest BCUT2D eigenvalue weighted by atomic mass is 32.2. The molecule has 2 aromatic carbocycles. The number of hydrogen-bond acceptors (Lipinski definition) is 3. The van der Waals surface area contributed by atoms with Crippen LogP contribution in [0.15, 0.2) is 29.2 Å². The van der Waals surface area contributed by atoms with Gasteiger partial charge in [-0.05, 0) is 62.1 Å². The maximum atomic E-state index is 13.2. The number of aryl methyl sites for hydroxylation is 2. The molecular weight excluding hydrogens is 362 g/mol. The zero-order valence-electron chi connectivity index (χ0n) is 14.9. The summed E-state index contributed by atoms with van der Waals surface area (Å²) in [5.41, 5.74) is 2.93. The third kappa shape index (κ3) is 4.25. The second-order valence-corrected chi connectivity index (χ2v) is 7.79. The Kier molecular flexibility index (Phi) is 5.77. The predicted molar refractivity (Wildman–Crippen MR) is 95.6 cm³/mol. The predicted octanol–water partition coefficient (Wildman–Crippen LogP) is 3.12. The first-order chi connectivity index (χ1) is 12.0. The van der Waals surface area contributed by atoms with Crippen molar-refractivity contribution in [1.82, 2.24) is 4.72 Å². The van der Waals surface area contributed by atoms with Crippen molar-refractivity contribution in [3.63, 3.8) is 0 Å². The van der Waals surface area contributed by atoms with Crippen LogP contribution in [0.2, 0.25) is 0 Å². The van der Waals surface area contributed by atoms with Gasteiger partial charge in [-0.2, -0.15) is 0 Å². The van der Waals surface area contributed by atoms with E-state index < -0.39 is 34.1 Å². The van der Waals surface area contributed by atoms with Gasteiger partial charge in [-0.15, -0.1) is 0 Å². The Morgan fingerprint density at radius 1 is 0.962 bits per heavy atom. The number of hydrogen-bond donors (Lipinski definition) is 2. The molecule has 140 valence electrons. The average Bonchev–Trinajstić information content (AvgIpc) is 2.55. The van der Waals surface area contributed by atoms with E-state index in [1.807, 2.05) is 19.9 Å². The largest absolute Gasteiger partial charge is 0.325 e. The van der Waals surface area contributed by atoms with E-state index in [1.165, 1.54) is 6.07 Å². The van der Waals surface area contributed by atoms with Gasteiger partial charge in [0.2, 0.25) is 15.9 Å². The van der Waals surface area contributed by atoms with E-state index in [1.54, 1.807) is 13.8 Å². The minimum Gasteiger partial charge on any atom is -0.325 e. The smallest absolute Gasteiger partial charge is 0.241 e. The molecule has 0 aromatic heterocycles. The first-order valence-corrected chi connectivity index (χ1v) is 9.33. The van der Waals surface area contributed by atoms with Crippen LogP contribution in [0.25, 0.3) is 0 Å². The van der Waals surface area contributed by atoms with Gasteiger partial charge in [-0.3, -0.25) is 4.79 Å². The molecular formula is C18H20F2N2O3S. The number of benzene rings is 2. The minimum atomic E-state index is -3.91. The molecule has 2 aromatic rings. The molecule has 0 spiro atoms. The SMILES string of the molecule is Cc1cc(C)c(C)c(S(=O)(=O)NCC(=O)Nc2ccc(F)c(F)c2)c1C. The quantitative estimate of drug-likeness (QED) is 0.834. The van der Waals surface area contributed by atoms with Crippen molar-refractivity contribution in [3.8, 4) is 0 Å². The van der Waals surface area contributed by atoms with Crippen LogP contribution >= 0.6 is 0 Å². The molecule has 2 N–H and O–H groups in total.